The van der Waals surface area contributed by atoms with Crippen LogP contribution in [0.2, 0.25) is 0 Å². The van der Waals surface area contributed by atoms with Gasteiger partial charge < -0.3 is 0 Å². The van der Waals surface area contributed by atoms with E-state index >= 15 is 0 Å². The Bertz CT molecular complexity index is 311. The minimum absolute atomic E-state index is 0.0478. The third-order valence-electron chi connectivity index (χ3n) is 0.889. The lowest BCUT2D eigenvalue weighted by Gasteiger charge is -2.00. The van der Waals surface area contributed by atoms with Crippen LogP contribution in [0.1, 0.15) is 6.92 Å². The Hall–Kier alpha value is -0.180. The molecule has 0 aromatic rings. The van der Waals surface area contributed by atoms with Crippen LogP contribution in [0.3, 0.4) is 0 Å². The molecule has 0 amide bonds. The van der Waals surface area contributed by atoms with E-state index in [2.05, 4.69) is 4.18 Å². The van der Waals surface area contributed by atoms with Gasteiger partial charge in [-0.2, -0.15) is 16.8 Å². The zero-order chi connectivity index (χ0) is 9.83. The maximum Gasteiger partial charge on any atom is 0.268 e. The van der Waals surface area contributed by atoms with Crippen LogP contribution < -0.4 is 0 Å². The topological polar surface area (TPSA) is 97.7 Å². The summed E-state index contributed by atoms with van der Waals surface area (Å²) < 4.78 is 54.0. The lowest BCUT2D eigenvalue weighted by molar-refractivity contribution is 0.338. The van der Waals surface area contributed by atoms with Gasteiger partial charge in [-0.15, -0.1) is 0 Å². The smallest absolute Gasteiger partial charge is 0.268 e. The Balaban J connectivity index is 4.12. The van der Waals surface area contributed by atoms with Crippen LogP contribution in [0.5, 0.6) is 0 Å². The second-order valence-corrected chi connectivity index (χ2v) is 5.29. The Morgan fingerprint density at radius 2 is 1.67 bits per heavy atom. The summed E-state index contributed by atoms with van der Waals surface area (Å²) in [5, 5.41) is 0. The fourth-order valence-corrected chi connectivity index (χ4v) is 2.58. The lowest BCUT2D eigenvalue weighted by atomic mass is 10.9. The van der Waals surface area contributed by atoms with Crippen LogP contribution >= 0.6 is 0 Å². The van der Waals surface area contributed by atoms with E-state index < -0.39 is 31.7 Å². The molecule has 0 spiro atoms. The fourth-order valence-electron chi connectivity index (χ4n) is 0.446. The molecule has 8 heteroatoms. The lowest BCUT2D eigenvalue weighted by Crippen LogP contribution is -2.18. The molecule has 12 heavy (non-hydrogen) atoms. The molecule has 0 saturated carbocycles. The summed E-state index contributed by atoms with van der Waals surface area (Å²) in [6, 6.07) is 0. The summed E-state index contributed by atoms with van der Waals surface area (Å²) in [4.78, 5) is 0. The number of rotatable bonds is 5. The van der Waals surface area contributed by atoms with E-state index in [4.69, 9.17) is 4.55 Å². The molecule has 74 valence electrons. The molecule has 0 aliphatic rings. The highest BCUT2D eigenvalue weighted by molar-refractivity contribution is 7.90. The van der Waals surface area contributed by atoms with Crippen molar-refractivity contribution in [2.75, 3.05) is 18.1 Å². The van der Waals surface area contributed by atoms with Gasteiger partial charge in [0.05, 0.1) is 18.1 Å². The van der Waals surface area contributed by atoms with Crippen LogP contribution in [0, 0.1) is 0 Å². The molecule has 0 fully saturated rings. The van der Waals surface area contributed by atoms with Crippen molar-refractivity contribution in [1.82, 2.24) is 0 Å². The normalized spacial score (nSPS) is 13.2. The molecule has 0 aromatic carbocycles. The predicted molar refractivity (Wildman–Crippen MR) is 41.8 cm³/mol. The van der Waals surface area contributed by atoms with Gasteiger partial charge >= 0.3 is 0 Å². The Morgan fingerprint density at radius 1 is 1.17 bits per heavy atom. The zero-order valence-corrected chi connectivity index (χ0v) is 8.06. The molecule has 0 aliphatic heterocycles. The minimum atomic E-state index is -4.23. The molecule has 6 nitrogen and oxygen atoms in total. The van der Waals surface area contributed by atoms with Gasteiger partial charge in [0.25, 0.3) is 20.2 Å². The van der Waals surface area contributed by atoms with Gasteiger partial charge in [0.15, 0.2) is 0 Å². The van der Waals surface area contributed by atoms with Crippen molar-refractivity contribution in [2.24, 2.45) is 0 Å². The summed E-state index contributed by atoms with van der Waals surface area (Å²) in [7, 11) is -8.04. The van der Waals surface area contributed by atoms with E-state index in [9.17, 15) is 16.8 Å². The third-order valence-corrected chi connectivity index (χ3v) is 3.17. The van der Waals surface area contributed by atoms with Gasteiger partial charge in [0.1, 0.15) is 0 Å². The summed E-state index contributed by atoms with van der Waals surface area (Å²) in [6.07, 6.45) is 0. The standard InChI is InChI=1S/C4H10O6S2/c1-2-10-12(8,9)4-3-11(5,6)7/h2-4H2,1H3,(H,5,6,7). The minimum Gasteiger partial charge on any atom is -0.286 e. The molecule has 0 heterocycles. The maximum absolute atomic E-state index is 10.7. The van der Waals surface area contributed by atoms with E-state index in [1.807, 2.05) is 0 Å². The van der Waals surface area contributed by atoms with Gasteiger partial charge in [-0.25, -0.2) is 0 Å². The second kappa shape index (κ2) is 4.17. The van der Waals surface area contributed by atoms with Gasteiger partial charge in [0.2, 0.25) is 0 Å². The molecule has 0 radical (unpaired) electrons. The van der Waals surface area contributed by atoms with Crippen molar-refractivity contribution in [2.45, 2.75) is 6.92 Å². The molecule has 0 aromatic heterocycles. The van der Waals surface area contributed by atoms with Crippen LogP contribution in [0.4, 0.5) is 0 Å². The molecule has 0 atom stereocenters. The molecular formula is C4H10O6S2. The van der Waals surface area contributed by atoms with E-state index in [1.165, 1.54) is 6.92 Å². The van der Waals surface area contributed by atoms with Crippen molar-refractivity contribution in [3.63, 3.8) is 0 Å². The van der Waals surface area contributed by atoms with E-state index in [0.29, 0.717) is 0 Å². The van der Waals surface area contributed by atoms with Gasteiger partial charge in [-0.3, -0.25) is 8.74 Å². The number of hydrogen-bond donors (Lipinski definition) is 1. The van der Waals surface area contributed by atoms with E-state index in [-0.39, 0.29) is 6.61 Å². The summed E-state index contributed by atoms with van der Waals surface area (Å²) in [6.45, 7) is 1.42. The summed E-state index contributed by atoms with van der Waals surface area (Å²) in [5.41, 5.74) is 0. The van der Waals surface area contributed by atoms with Crippen molar-refractivity contribution in [3.8, 4) is 0 Å². The summed E-state index contributed by atoms with van der Waals surface area (Å²) in [5.74, 6) is -1.56. The maximum atomic E-state index is 10.7. The molecule has 0 bridgehead atoms. The number of hydrogen-bond acceptors (Lipinski definition) is 5. The van der Waals surface area contributed by atoms with Crippen molar-refractivity contribution in [1.29, 1.82) is 0 Å². The van der Waals surface area contributed by atoms with Crippen LogP contribution in [-0.2, 0) is 24.4 Å². The first-order chi connectivity index (χ1) is 5.27. The largest absolute Gasteiger partial charge is 0.286 e. The SMILES string of the molecule is CCOS(=O)(=O)CCS(=O)(=O)O. The highest BCUT2D eigenvalue weighted by Gasteiger charge is 2.15. The molecule has 1 N–H and O–H groups in total. The van der Waals surface area contributed by atoms with Gasteiger partial charge in [-0.1, -0.05) is 0 Å². The van der Waals surface area contributed by atoms with Crippen molar-refractivity contribution >= 4 is 20.2 Å². The summed E-state index contributed by atoms with van der Waals surface area (Å²) >= 11 is 0. The Labute approximate surface area is 71.4 Å². The van der Waals surface area contributed by atoms with E-state index in [0.717, 1.165) is 0 Å². The molecule has 0 aliphatic carbocycles. The predicted octanol–water partition coefficient (Wildman–Crippen LogP) is -0.759. The Kier molecular flexibility index (Phi) is 4.11. The first kappa shape index (κ1) is 11.8. The van der Waals surface area contributed by atoms with Crippen molar-refractivity contribution < 1.29 is 25.6 Å². The third kappa shape index (κ3) is 6.53. The highest BCUT2D eigenvalue weighted by atomic mass is 32.2. The zero-order valence-electron chi connectivity index (χ0n) is 6.43. The fraction of sp³-hybridized carbons (Fsp3) is 1.00. The van der Waals surface area contributed by atoms with Crippen LogP contribution in [0.25, 0.3) is 0 Å². The molecule has 0 rings (SSSR count). The van der Waals surface area contributed by atoms with Crippen molar-refractivity contribution in [3.05, 3.63) is 0 Å². The second-order valence-electron chi connectivity index (χ2n) is 1.95. The quantitative estimate of drug-likeness (QED) is 0.481. The average molecular weight is 218 g/mol. The first-order valence-corrected chi connectivity index (χ1v) is 6.28. The molecular weight excluding hydrogens is 208 g/mol. The van der Waals surface area contributed by atoms with Gasteiger partial charge in [0, 0.05) is 0 Å². The first-order valence-electron chi connectivity index (χ1n) is 3.09. The van der Waals surface area contributed by atoms with E-state index in [1.54, 1.807) is 0 Å². The van der Waals surface area contributed by atoms with Crippen LogP contribution in [0.15, 0.2) is 0 Å². The Morgan fingerprint density at radius 3 is 2.00 bits per heavy atom. The molecule has 0 unspecified atom stereocenters. The molecule has 0 saturated heterocycles. The average Bonchev–Trinajstić information content (AvgIpc) is 1.83. The highest BCUT2D eigenvalue weighted by Crippen LogP contribution is 1.94. The van der Waals surface area contributed by atoms with Crippen LogP contribution in [-0.4, -0.2) is 39.5 Å². The van der Waals surface area contributed by atoms with Gasteiger partial charge in [-0.05, 0) is 6.92 Å². The monoisotopic (exact) mass is 218 g/mol.